The van der Waals surface area contributed by atoms with Crippen molar-refractivity contribution in [3.05, 3.63) is 0 Å². The summed E-state index contributed by atoms with van der Waals surface area (Å²) < 4.78 is 11.2. The molecule has 0 aromatic rings. The zero-order valence-electron chi connectivity index (χ0n) is 14.0. The average Bonchev–Trinajstić information content (AvgIpc) is 2.48. The Kier molecular flexibility index (Phi) is 7.12. The molecule has 1 heterocycles. The lowest BCUT2D eigenvalue weighted by molar-refractivity contribution is -0.153. The fourth-order valence-electron chi connectivity index (χ4n) is 3.85. The summed E-state index contributed by atoms with van der Waals surface area (Å²) in [5.74, 6) is -0.0166. The van der Waals surface area contributed by atoms with Crippen LogP contribution in [0, 0.1) is 5.41 Å². The first-order valence-electron chi connectivity index (χ1n) is 8.31. The molecule has 2 unspecified atom stereocenters. The molecule has 0 aromatic carbocycles. The van der Waals surface area contributed by atoms with Gasteiger partial charge in [0.05, 0.1) is 11.6 Å². The topological polar surface area (TPSA) is 73.6 Å². The summed E-state index contributed by atoms with van der Waals surface area (Å²) in [6.45, 7) is 8.26. The highest BCUT2D eigenvalue weighted by Gasteiger charge is 2.54. The Morgan fingerprint density at radius 1 is 1.27 bits per heavy atom. The van der Waals surface area contributed by atoms with Gasteiger partial charge in [-0.2, -0.15) is 0 Å². The van der Waals surface area contributed by atoms with Crippen molar-refractivity contribution in [1.82, 2.24) is 5.32 Å². The van der Waals surface area contributed by atoms with Crippen LogP contribution in [0.5, 0.6) is 0 Å². The number of hydrogen-bond donors (Lipinski definition) is 2. The number of hydrogen-bond acceptors (Lipinski definition) is 4. The van der Waals surface area contributed by atoms with Crippen LogP contribution in [0.15, 0.2) is 0 Å². The molecule has 2 aliphatic rings. The van der Waals surface area contributed by atoms with Crippen molar-refractivity contribution >= 4 is 18.3 Å². The van der Waals surface area contributed by atoms with Gasteiger partial charge in [-0.3, -0.25) is 4.79 Å². The second-order valence-corrected chi connectivity index (χ2v) is 6.41. The molecule has 5 nitrogen and oxygen atoms in total. The minimum Gasteiger partial charge on any atom is -0.381 e. The molecule has 6 heteroatoms. The highest BCUT2D eigenvalue weighted by Crippen LogP contribution is 2.49. The zero-order valence-corrected chi connectivity index (χ0v) is 14.8. The molecule has 0 radical (unpaired) electrons. The van der Waals surface area contributed by atoms with Crippen molar-refractivity contribution in [3.63, 3.8) is 0 Å². The number of nitrogens with two attached hydrogens (primary N) is 1. The van der Waals surface area contributed by atoms with Crippen LogP contribution < -0.4 is 11.1 Å². The molecule has 2 rings (SSSR count). The summed E-state index contributed by atoms with van der Waals surface area (Å²) in [6.07, 6.45) is 4.39. The summed E-state index contributed by atoms with van der Waals surface area (Å²) in [4.78, 5) is 12.6. The normalized spacial score (nSPS) is 29.1. The zero-order chi connectivity index (χ0) is 15.5. The van der Waals surface area contributed by atoms with Gasteiger partial charge in [-0.1, -0.05) is 13.8 Å². The second kappa shape index (κ2) is 7.95. The third-order valence-corrected chi connectivity index (χ3v) is 5.61. The smallest absolute Gasteiger partial charge is 0.240 e. The Hall–Kier alpha value is -0.360. The van der Waals surface area contributed by atoms with Crippen molar-refractivity contribution in [3.8, 4) is 0 Å². The molecule has 1 aliphatic heterocycles. The third-order valence-electron chi connectivity index (χ3n) is 5.61. The molecule has 2 fully saturated rings. The standard InChI is InChI=1S/C16H30N2O3.ClH/c1-4-15(5-2)12(11-13(15)21-6-3)18-14(19)16(17)7-9-20-10-8-16;/h12-13H,4-11,17H2,1-3H3,(H,18,19);1H. The van der Waals surface area contributed by atoms with E-state index in [1.807, 2.05) is 6.92 Å². The molecule has 0 spiro atoms. The first kappa shape index (κ1) is 19.7. The predicted molar refractivity (Wildman–Crippen MR) is 89.2 cm³/mol. The van der Waals surface area contributed by atoms with E-state index in [9.17, 15) is 4.79 Å². The summed E-state index contributed by atoms with van der Waals surface area (Å²) in [5.41, 5.74) is 5.57. The number of nitrogens with one attached hydrogen (secondary N) is 1. The lowest BCUT2D eigenvalue weighted by atomic mass is 9.58. The number of carbonyl (C=O) groups excluding carboxylic acids is 1. The van der Waals surface area contributed by atoms with E-state index in [2.05, 4.69) is 19.2 Å². The van der Waals surface area contributed by atoms with Gasteiger partial charge in [0.25, 0.3) is 0 Å². The van der Waals surface area contributed by atoms with Crippen LogP contribution in [0.3, 0.4) is 0 Å². The molecule has 0 bridgehead atoms. The molecule has 1 aliphatic carbocycles. The van der Waals surface area contributed by atoms with Crippen LogP contribution in [0.25, 0.3) is 0 Å². The molecule has 2 atom stereocenters. The van der Waals surface area contributed by atoms with E-state index in [0.29, 0.717) is 26.1 Å². The van der Waals surface area contributed by atoms with Crippen molar-refractivity contribution in [2.45, 2.75) is 70.6 Å². The fraction of sp³-hybridized carbons (Fsp3) is 0.938. The highest BCUT2D eigenvalue weighted by molar-refractivity contribution is 5.86. The number of ether oxygens (including phenoxy) is 2. The van der Waals surface area contributed by atoms with Gasteiger partial charge >= 0.3 is 0 Å². The third kappa shape index (κ3) is 3.42. The maximum absolute atomic E-state index is 12.6. The molecule has 1 saturated carbocycles. The van der Waals surface area contributed by atoms with Crippen LogP contribution in [0.1, 0.15) is 52.9 Å². The average molecular weight is 335 g/mol. The maximum Gasteiger partial charge on any atom is 0.240 e. The first-order valence-corrected chi connectivity index (χ1v) is 8.31. The number of halogens is 1. The Morgan fingerprint density at radius 3 is 2.36 bits per heavy atom. The van der Waals surface area contributed by atoms with Crippen LogP contribution in [-0.2, 0) is 14.3 Å². The van der Waals surface area contributed by atoms with Gasteiger partial charge in [-0.15, -0.1) is 12.4 Å². The van der Waals surface area contributed by atoms with E-state index in [-0.39, 0.29) is 35.9 Å². The summed E-state index contributed by atoms with van der Waals surface area (Å²) in [6, 6.07) is 0.180. The van der Waals surface area contributed by atoms with E-state index < -0.39 is 5.54 Å². The van der Waals surface area contributed by atoms with E-state index in [1.54, 1.807) is 0 Å². The Morgan fingerprint density at radius 2 is 1.86 bits per heavy atom. The lowest BCUT2D eigenvalue weighted by Gasteiger charge is -2.56. The van der Waals surface area contributed by atoms with Crippen molar-refractivity contribution in [1.29, 1.82) is 0 Å². The highest BCUT2D eigenvalue weighted by atomic mass is 35.5. The number of carbonyl (C=O) groups is 1. The SMILES string of the molecule is CCOC1CC(NC(=O)C2(N)CCOCC2)C1(CC)CC.Cl. The Bertz CT molecular complexity index is 368. The van der Waals surface area contributed by atoms with Gasteiger partial charge in [-0.05, 0) is 39.0 Å². The van der Waals surface area contributed by atoms with Crippen molar-refractivity contribution in [2.24, 2.45) is 11.1 Å². The summed E-state index contributed by atoms with van der Waals surface area (Å²) in [5, 5.41) is 3.21. The fourth-order valence-corrected chi connectivity index (χ4v) is 3.85. The number of rotatable bonds is 6. The van der Waals surface area contributed by atoms with E-state index in [0.717, 1.165) is 25.9 Å². The van der Waals surface area contributed by atoms with Crippen molar-refractivity contribution < 1.29 is 14.3 Å². The van der Waals surface area contributed by atoms with Gasteiger partial charge in [0.15, 0.2) is 0 Å². The van der Waals surface area contributed by atoms with Gasteiger partial charge in [0, 0.05) is 31.3 Å². The predicted octanol–water partition coefficient (Wildman–Crippen LogP) is 2.02. The van der Waals surface area contributed by atoms with Gasteiger partial charge < -0.3 is 20.5 Å². The first-order chi connectivity index (χ1) is 10.0. The number of amides is 1. The monoisotopic (exact) mass is 334 g/mol. The molecular weight excluding hydrogens is 304 g/mol. The Labute approximate surface area is 140 Å². The summed E-state index contributed by atoms with van der Waals surface area (Å²) >= 11 is 0. The minimum atomic E-state index is -0.762. The van der Waals surface area contributed by atoms with E-state index in [4.69, 9.17) is 15.2 Å². The quantitative estimate of drug-likeness (QED) is 0.779. The van der Waals surface area contributed by atoms with E-state index >= 15 is 0 Å². The van der Waals surface area contributed by atoms with Crippen LogP contribution in [0.2, 0.25) is 0 Å². The lowest BCUT2D eigenvalue weighted by Crippen LogP contribution is -2.68. The van der Waals surface area contributed by atoms with Gasteiger partial charge in [-0.25, -0.2) is 0 Å². The second-order valence-electron chi connectivity index (χ2n) is 6.41. The summed E-state index contributed by atoms with van der Waals surface area (Å²) in [7, 11) is 0. The van der Waals surface area contributed by atoms with E-state index in [1.165, 1.54) is 0 Å². The molecule has 1 saturated heterocycles. The van der Waals surface area contributed by atoms with Gasteiger partial charge in [0.2, 0.25) is 5.91 Å². The van der Waals surface area contributed by atoms with Gasteiger partial charge in [0.1, 0.15) is 0 Å². The molecule has 1 amide bonds. The van der Waals surface area contributed by atoms with Crippen LogP contribution in [0.4, 0.5) is 0 Å². The molecule has 0 aromatic heterocycles. The minimum absolute atomic E-state index is 0. The molecular formula is C16H31ClN2O3. The Balaban J connectivity index is 0.00000242. The van der Waals surface area contributed by atoms with Crippen molar-refractivity contribution in [2.75, 3.05) is 19.8 Å². The molecule has 3 N–H and O–H groups in total. The maximum atomic E-state index is 12.6. The molecule has 130 valence electrons. The largest absolute Gasteiger partial charge is 0.381 e. The molecule has 22 heavy (non-hydrogen) atoms. The van der Waals surface area contributed by atoms with Crippen LogP contribution in [-0.4, -0.2) is 43.4 Å². The van der Waals surface area contributed by atoms with Crippen LogP contribution >= 0.6 is 12.4 Å².